The second-order valence-corrected chi connectivity index (χ2v) is 10.2. The lowest BCUT2D eigenvalue weighted by Crippen LogP contribution is -2.50. The van der Waals surface area contributed by atoms with Crippen LogP contribution in [-0.2, 0) is 10.0 Å². The second kappa shape index (κ2) is 9.15. The van der Waals surface area contributed by atoms with Gasteiger partial charge < -0.3 is 0 Å². The number of rotatable bonds is 4. The van der Waals surface area contributed by atoms with E-state index in [2.05, 4.69) is 28.1 Å². The minimum absolute atomic E-state index is 0.0132. The van der Waals surface area contributed by atoms with E-state index in [-0.39, 0.29) is 22.3 Å². The topological polar surface area (TPSA) is 74.1 Å². The van der Waals surface area contributed by atoms with Crippen LogP contribution in [0.25, 0.3) is 0 Å². The van der Waals surface area contributed by atoms with Crippen molar-refractivity contribution in [2.45, 2.75) is 16.7 Å². The summed E-state index contributed by atoms with van der Waals surface area (Å²) in [7, 11) is -4.05. The first-order chi connectivity index (χ1) is 15.3. The van der Waals surface area contributed by atoms with Gasteiger partial charge in [-0.3, -0.25) is 0 Å². The normalized spacial score (nSPS) is 15.4. The molecular formula is C22H18Cl2N4O2S2. The van der Waals surface area contributed by atoms with Gasteiger partial charge in [0, 0.05) is 14.9 Å². The minimum Gasteiger partial charge on any atom is -0.246 e. The Kier molecular flexibility index (Phi) is 6.48. The molecule has 0 aromatic heterocycles. The van der Waals surface area contributed by atoms with Crippen LogP contribution in [0.3, 0.4) is 0 Å². The average Bonchev–Trinajstić information content (AvgIpc) is 2.78. The summed E-state index contributed by atoms with van der Waals surface area (Å²) in [5, 5.41) is 5.36. The maximum absolute atomic E-state index is 13.7. The minimum atomic E-state index is -4.05. The van der Waals surface area contributed by atoms with Crippen molar-refractivity contribution < 1.29 is 8.42 Å². The highest BCUT2D eigenvalue weighted by Crippen LogP contribution is 2.30. The van der Waals surface area contributed by atoms with Gasteiger partial charge in [-0.1, -0.05) is 53.5 Å². The summed E-state index contributed by atoms with van der Waals surface area (Å²) in [6.07, 6.45) is 0. The van der Waals surface area contributed by atoms with Gasteiger partial charge in [0.2, 0.25) is 5.96 Å². The van der Waals surface area contributed by atoms with Crippen molar-refractivity contribution in [2.24, 2.45) is 10.1 Å². The van der Waals surface area contributed by atoms with Crippen LogP contribution >= 0.6 is 35.8 Å². The summed E-state index contributed by atoms with van der Waals surface area (Å²) in [6, 6.07) is 19.1. The molecule has 3 aromatic carbocycles. The zero-order chi connectivity index (χ0) is 22.9. The van der Waals surface area contributed by atoms with Crippen molar-refractivity contribution in [3.63, 3.8) is 0 Å². The molecule has 10 heteroatoms. The van der Waals surface area contributed by atoms with E-state index in [1.54, 1.807) is 31.2 Å². The number of hydrogen-bond donors (Lipinski definition) is 2. The molecule has 32 heavy (non-hydrogen) atoms. The number of sulfonamides is 1. The summed E-state index contributed by atoms with van der Waals surface area (Å²) >= 11 is 16.5. The number of guanidine groups is 1. The summed E-state index contributed by atoms with van der Waals surface area (Å²) in [4.78, 5) is 4.74. The van der Waals surface area contributed by atoms with Gasteiger partial charge in [0.1, 0.15) is 4.90 Å². The molecule has 3 aromatic rings. The number of aliphatic imine (C=N–C) groups is 1. The van der Waals surface area contributed by atoms with Crippen molar-refractivity contribution in [3.05, 3.63) is 87.9 Å². The Morgan fingerprint density at radius 3 is 2.44 bits per heavy atom. The molecular weight excluding hydrogens is 487 g/mol. The highest BCUT2D eigenvalue weighted by Gasteiger charge is 2.34. The predicted molar refractivity (Wildman–Crippen MR) is 132 cm³/mol. The van der Waals surface area contributed by atoms with Crippen molar-refractivity contribution in [1.29, 1.82) is 0 Å². The van der Waals surface area contributed by atoms with Crippen LogP contribution in [0, 0.1) is 6.92 Å². The lowest BCUT2D eigenvalue weighted by Gasteiger charge is -2.30. The lowest BCUT2D eigenvalue weighted by molar-refractivity contribution is 0.529. The van der Waals surface area contributed by atoms with Gasteiger partial charge in [-0.2, -0.15) is 5.10 Å². The van der Waals surface area contributed by atoms with Gasteiger partial charge in [-0.15, -0.1) is 12.6 Å². The van der Waals surface area contributed by atoms with E-state index in [1.807, 2.05) is 30.3 Å². The summed E-state index contributed by atoms with van der Waals surface area (Å²) in [5.74, 6) is 0.0624. The maximum atomic E-state index is 13.7. The van der Waals surface area contributed by atoms with E-state index < -0.39 is 10.0 Å². The van der Waals surface area contributed by atoms with Gasteiger partial charge in [0.25, 0.3) is 10.0 Å². The van der Waals surface area contributed by atoms with Gasteiger partial charge in [-0.05, 0) is 54.4 Å². The fraction of sp³-hybridized carbons (Fsp3) is 0.0909. The van der Waals surface area contributed by atoms with Crippen molar-refractivity contribution in [1.82, 2.24) is 9.73 Å². The molecule has 1 N–H and O–H groups in total. The highest BCUT2D eigenvalue weighted by molar-refractivity contribution is 7.90. The second-order valence-electron chi connectivity index (χ2n) is 7.03. The Labute approximate surface area is 202 Å². The summed E-state index contributed by atoms with van der Waals surface area (Å²) in [6.45, 7) is 1.73. The Bertz CT molecular complexity index is 1330. The summed E-state index contributed by atoms with van der Waals surface area (Å²) < 4.78 is 28.7. The molecule has 0 amide bonds. The van der Waals surface area contributed by atoms with Crippen LogP contribution in [0.2, 0.25) is 10.0 Å². The molecule has 0 radical (unpaired) electrons. The highest BCUT2D eigenvalue weighted by atomic mass is 35.5. The molecule has 0 atom stereocenters. The number of nitrogens with zero attached hydrogens (tertiary/aromatic N) is 3. The fourth-order valence-electron chi connectivity index (χ4n) is 3.09. The Balaban J connectivity index is 1.83. The van der Waals surface area contributed by atoms with Crippen LogP contribution in [-0.4, -0.2) is 30.9 Å². The average molecular weight is 505 g/mol. The van der Waals surface area contributed by atoms with Crippen molar-refractivity contribution in [2.75, 3.05) is 6.54 Å². The number of aryl methyl sites for hydroxylation is 1. The van der Waals surface area contributed by atoms with E-state index in [0.29, 0.717) is 27.0 Å². The third-order valence-electron chi connectivity index (χ3n) is 4.80. The van der Waals surface area contributed by atoms with E-state index >= 15 is 0 Å². The van der Waals surface area contributed by atoms with Crippen LogP contribution in [0.1, 0.15) is 11.1 Å². The van der Waals surface area contributed by atoms with Gasteiger partial charge in [0.05, 0.1) is 17.9 Å². The molecule has 0 saturated carbocycles. The first kappa shape index (κ1) is 22.7. The molecule has 1 aliphatic heterocycles. The van der Waals surface area contributed by atoms with Crippen molar-refractivity contribution in [3.8, 4) is 0 Å². The number of benzene rings is 3. The Morgan fingerprint density at radius 1 is 1.06 bits per heavy atom. The zero-order valence-electron chi connectivity index (χ0n) is 16.8. The van der Waals surface area contributed by atoms with E-state index in [9.17, 15) is 8.42 Å². The van der Waals surface area contributed by atoms with Crippen molar-refractivity contribution >= 4 is 63.2 Å². The third kappa shape index (κ3) is 4.63. The first-order valence-corrected chi connectivity index (χ1v) is 12.1. The number of hydrogen-bond acceptors (Lipinski definition) is 5. The molecule has 0 aliphatic carbocycles. The molecule has 0 saturated heterocycles. The van der Waals surface area contributed by atoms with E-state index in [1.165, 1.54) is 16.4 Å². The smallest absolute Gasteiger partial charge is 0.246 e. The third-order valence-corrected chi connectivity index (χ3v) is 7.75. The molecule has 6 nitrogen and oxygen atoms in total. The lowest BCUT2D eigenvalue weighted by atomic mass is 10.1. The van der Waals surface area contributed by atoms with Gasteiger partial charge in [0.15, 0.2) is 0 Å². The maximum Gasteiger partial charge on any atom is 0.268 e. The first-order valence-electron chi connectivity index (χ1n) is 9.50. The molecule has 0 fully saturated rings. The number of halogens is 2. The van der Waals surface area contributed by atoms with Crippen LogP contribution in [0.5, 0.6) is 0 Å². The SMILES string of the molecule is Cc1cc(S(=O)(=O)N2CC(c3ccccc3)=NNC2=Nc2ccc(Cl)cc2)c(S)cc1Cl. The van der Waals surface area contributed by atoms with E-state index in [0.717, 1.165) is 5.56 Å². The van der Waals surface area contributed by atoms with Crippen LogP contribution in [0.4, 0.5) is 5.69 Å². The molecule has 0 bridgehead atoms. The standard InChI is InChI=1S/C22H18Cl2N4O2S2/c1-14-11-21(20(31)12-18(14)24)32(29,30)28-13-19(15-5-3-2-4-6-15)26-27-22(28)25-17-9-7-16(23)8-10-17/h2-12,31H,13H2,1H3,(H,25,27). The fourth-order valence-corrected chi connectivity index (χ4v) is 5.49. The molecule has 0 spiro atoms. The molecule has 4 rings (SSSR count). The molecule has 0 unspecified atom stereocenters. The monoisotopic (exact) mass is 504 g/mol. The summed E-state index contributed by atoms with van der Waals surface area (Å²) in [5.41, 5.74) is 5.30. The van der Waals surface area contributed by atoms with Crippen LogP contribution in [0.15, 0.2) is 86.6 Å². The number of nitrogens with one attached hydrogen (secondary N) is 1. The Hall–Kier alpha value is -2.52. The molecule has 1 aliphatic rings. The van der Waals surface area contributed by atoms with E-state index in [4.69, 9.17) is 23.2 Å². The quantitative estimate of drug-likeness (QED) is 0.474. The predicted octanol–water partition coefficient (Wildman–Crippen LogP) is 5.28. The number of hydrazone groups is 1. The zero-order valence-corrected chi connectivity index (χ0v) is 20.1. The number of thiol groups is 1. The van der Waals surface area contributed by atoms with Crippen LogP contribution < -0.4 is 5.43 Å². The van der Waals surface area contributed by atoms with Gasteiger partial charge in [-0.25, -0.2) is 23.1 Å². The van der Waals surface area contributed by atoms with Gasteiger partial charge >= 0.3 is 0 Å². The molecule has 1 heterocycles. The molecule has 164 valence electrons. The largest absolute Gasteiger partial charge is 0.268 e. The Morgan fingerprint density at radius 2 is 1.75 bits per heavy atom.